The summed E-state index contributed by atoms with van der Waals surface area (Å²) in [5, 5.41) is 2.40. The molecule has 2 aromatic rings. The molecule has 146 valence electrons. The van der Waals surface area contributed by atoms with Crippen LogP contribution in [0.15, 0.2) is 47.4 Å². The first kappa shape index (κ1) is 20.3. The van der Waals surface area contributed by atoms with E-state index in [4.69, 9.17) is 11.6 Å². The lowest BCUT2D eigenvalue weighted by Crippen LogP contribution is -2.43. The van der Waals surface area contributed by atoms with Crippen molar-refractivity contribution in [3.8, 4) is 0 Å². The molecule has 1 heterocycles. The fourth-order valence-electron chi connectivity index (χ4n) is 3.16. The third kappa shape index (κ3) is 4.34. The molecule has 0 bridgehead atoms. The molecule has 1 fully saturated rings. The second-order valence-corrected chi connectivity index (χ2v) is 11.4. The molecule has 0 unspecified atom stereocenters. The van der Waals surface area contributed by atoms with Crippen LogP contribution >= 0.6 is 11.6 Å². The van der Waals surface area contributed by atoms with Crippen LogP contribution in [-0.2, 0) is 26.2 Å². The van der Waals surface area contributed by atoms with E-state index in [1.165, 1.54) is 19.1 Å². The van der Waals surface area contributed by atoms with Crippen LogP contribution in [0.5, 0.6) is 0 Å². The fraction of sp³-hybridized carbons (Fsp3) is 0.333. The minimum atomic E-state index is -3.95. The zero-order chi connectivity index (χ0) is 19.8. The summed E-state index contributed by atoms with van der Waals surface area (Å²) in [6.07, 6.45) is 0. The molecule has 1 aliphatic heterocycles. The molecule has 3 rings (SSSR count). The van der Waals surface area contributed by atoms with Gasteiger partial charge in [-0.2, -0.15) is 0 Å². The van der Waals surface area contributed by atoms with Gasteiger partial charge in [-0.25, -0.2) is 21.2 Å². The van der Waals surface area contributed by atoms with Crippen LogP contribution < -0.4 is 5.32 Å². The molecule has 9 heteroatoms. The highest BCUT2D eigenvalue weighted by Crippen LogP contribution is 2.27. The van der Waals surface area contributed by atoms with Crippen LogP contribution in [0.25, 0.3) is 0 Å². The van der Waals surface area contributed by atoms with Crippen molar-refractivity contribution in [2.75, 3.05) is 11.5 Å². The van der Waals surface area contributed by atoms with Crippen molar-refractivity contribution < 1.29 is 21.2 Å². The molecule has 2 atom stereocenters. The molecule has 0 aliphatic carbocycles. The van der Waals surface area contributed by atoms with Gasteiger partial charge in [0.05, 0.1) is 21.7 Å². The minimum absolute atomic E-state index is 0.0759. The van der Waals surface area contributed by atoms with Crippen molar-refractivity contribution in [2.24, 2.45) is 0 Å². The normalized spacial score (nSPS) is 22.0. The number of halogens is 2. The minimum Gasteiger partial charge on any atom is -0.308 e. The molecule has 1 saturated heterocycles. The van der Waals surface area contributed by atoms with Crippen LogP contribution in [0.3, 0.4) is 0 Å². The second kappa shape index (κ2) is 7.50. The Kier molecular flexibility index (Phi) is 5.63. The number of benzene rings is 2. The number of hydrogen-bond donors (Lipinski definition) is 1. The largest absolute Gasteiger partial charge is 0.308 e. The van der Waals surface area contributed by atoms with Gasteiger partial charge in [0.2, 0.25) is 0 Å². The predicted molar refractivity (Wildman–Crippen MR) is 103 cm³/mol. The Morgan fingerprint density at radius 1 is 1.19 bits per heavy atom. The quantitative estimate of drug-likeness (QED) is 0.736. The number of sulfone groups is 2. The molecule has 5 nitrogen and oxygen atoms in total. The first-order valence-corrected chi connectivity index (χ1v) is 12.0. The first-order valence-electron chi connectivity index (χ1n) is 8.27. The van der Waals surface area contributed by atoms with Gasteiger partial charge in [-0.15, -0.1) is 0 Å². The Morgan fingerprint density at radius 2 is 1.89 bits per heavy atom. The number of hydrogen-bond acceptors (Lipinski definition) is 5. The third-order valence-electron chi connectivity index (χ3n) is 4.67. The molecule has 1 N–H and O–H groups in total. The first-order chi connectivity index (χ1) is 12.6. The molecule has 0 radical (unpaired) electrons. The van der Waals surface area contributed by atoms with Crippen molar-refractivity contribution in [2.45, 2.75) is 29.7 Å². The van der Waals surface area contributed by atoms with Gasteiger partial charge < -0.3 is 5.32 Å². The van der Waals surface area contributed by atoms with Gasteiger partial charge in [-0.1, -0.05) is 29.8 Å². The topological polar surface area (TPSA) is 80.3 Å². The van der Waals surface area contributed by atoms with Gasteiger partial charge in [0.15, 0.2) is 19.7 Å². The van der Waals surface area contributed by atoms with E-state index in [9.17, 15) is 21.2 Å². The van der Waals surface area contributed by atoms with Crippen molar-refractivity contribution in [1.82, 2.24) is 5.32 Å². The Hall–Kier alpha value is -1.48. The zero-order valence-electron chi connectivity index (χ0n) is 14.5. The summed E-state index contributed by atoms with van der Waals surface area (Å²) >= 11 is 6.11. The Balaban J connectivity index is 1.89. The standard InChI is InChI=1S/C18H19ClFNO4S2/c1-12-8-14(6-7-16(12)20)27(24,25)18-11-26(22,23)10-17(18)21-9-13-4-2-3-5-15(13)19/h2-8,17-18,21H,9-11H2,1H3/t17-,18-/m0/s1. The van der Waals surface area contributed by atoms with Crippen molar-refractivity contribution in [3.05, 3.63) is 64.4 Å². The molecule has 27 heavy (non-hydrogen) atoms. The fourth-order valence-corrected chi connectivity index (χ4v) is 8.17. The van der Waals surface area contributed by atoms with Crippen molar-refractivity contribution in [3.63, 3.8) is 0 Å². The van der Waals surface area contributed by atoms with Gasteiger partial charge in [-0.05, 0) is 42.3 Å². The summed E-state index contributed by atoms with van der Waals surface area (Å²) in [5.41, 5.74) is 0.940. The van der Waals surface area contributed by atoms with E-state index in [0.29, 0.717) is 5.02 Å². The average molecular weight is 432 g/mol. The second-order valence-electron chi connectivity index (χ2n) is 6.65. The van der Waals surface area contributed by atoms with Gasteiger partial charge in [-0.3, -0.25) is 0 Å². The molecule has 0 aromatic heterocycles. The molecule has 1 aliphatic rings. The maximum atomic E-state index is 13.5. The number of nitrogens with one attached hydrogen (secondary N) is 1. The lowest BCUT2D eigenvalue weighted by atomic mass is 10.2. The molecule has 0 spiro atoms. The summed E-state index contributed by atoms with van der Waals surface area (Å²) in [5.74, 6) is -1.26. The summed E-state index contributed by atoms with van der Waals surface area (Å²) in [6.45, 7) is 1.71. The van der Waals surface area contributed by atoms with Crippen LogP contribution in [0, 0.1) is 12.7 Å². The highest BCUT2D eigenvalue weighted by molar-refractivity contribution is 7.96. The maximum absolute atomic E-state index is 13.5. The summed E-state index contributed by atoms with van der Waals surface area (Å²) in [4.78, 5) is -0.0759. The van der Waals surface area contributed by atoms with Crippen molar-refractivity contribution >= 4 is 31.3 Å². The molecule has 0 saturated carbocycles. The van der Waals surface area contributed by atoms with Crippen LogP contribution in [0.2, 0.25) is 5.02 Å². The van der Waals surface area contributed by atoms with E-state index >= 15 is 0 Å². The lowest BCUT2D eigenvalue weighted by molar-refractivity contribution is 0.526. The van der Waals surface area contributed by atoms with Crippen LogP contribution in [0.4, 0.5) is 4.39 Å². The van der Waals surface area contributed by atoms with Gasteiger partial charge in [0.25, 0.3) is 0 Å². The highest BCUT2D eigenvalue weighted by Gasteiger charge is 2.45. The maximum Gasteiger partial charge on any atom is 0.183 e. The van der Waals surface area contributed by atoms with Crippen molar-refractivity contribution in [1.29, 1.82) is 0 Å². The Bertz CT molecular complexity index is 1070. The Labute approximate surface area is 163 Å². The van der Waals surface area contributed by atoms with Crippen LogP contribution in [-0.4, -0.2) is 39.6 Å². The number of aryl methyl sites for hydroxylation is 1. The van der Waals surface area contributed by atoms with E-state index < -0.39 is 42.5 Å². The molecule has 0 amide bonds. The van der Waals surface area contributed by atoms with E-state index in [1.54, 1.807) is 24.3 Å². The van der Waals surface area contributed by atoms with Gasteiger partial charge >= 0.3 is 0 Å². The molecular formula is C18H19ClFNO4S2. The number of rotatable bonds is 5. The lowest BCUT2D eigenvalue weighted by Gasteiger charge is -2.20. The van der Waals surface area contributed by atoms with E-state index in [0.717, 1.165) is 11.6 Å². The highest BCUT2D eigenvalue weighted by atomic mass is 35.5. The van der Waals surface area contributed by atoms with Gasteiger partial charge in [0.1, 0.15) is 5.82 Å². The summed E-state index contributed by atoms with van der Waals surface area (Å²) < 4.78 is 63.8. The Morgan fingerprint density at radius 3 is 2.56 bits per heavy atom. The van der Waals surface area contributed by atoms with Crippen LogP contribution in [0.1, 0.15) is 11.1 Å². The third-order valence-corrected chi connectivity index (χ3v) is 9.19. The summed E-state index contributed by atoms with van der Waals surface area (Å²) in [7, 11) is -7.47. The smallest absolute Gasteiger partial charge is 0.183 e. The zero-order valence-corrected chi connectivity index (χ0v) is 16.9. The monoisotopic (exact) mass is 431 g/mol. The SMILES string of the molecule is Cc1cc(S(=O)(=O)[C@H]2CS(=O)(=O)C[C@@H]2NCc2ccccc2Cl)ccc1F. The van der Waals surface area contributed by atoms with E-state index in [1.807, 2.05) is 0 Å². The summed E-state index contributed by atoms with van der Waals surface area (Å²) in [6, 6.07) is 9.78. The molecular weight excluding hydrogens is 413 g/mol. The average Bonchev–Trinajstić information content (AvgIpc) is 2.92. The van der Waals surface area contributed by atoms with E-state index in [2.05, 4.69) is 5.32 Å². The van der Waals surface area contributed by atoms with E-state index in [-0.39, 0.29) is 22.8 Å². The predicted octanol–water partition coefficient (Wildman–Crippen LogP) is 2.52. The van der Waals surface area contributed by atoms with Gasteiger partial charge in [0, 0.05) is 17.6 Å². The molecule has 2 aromatic carbocycles.